The quantitative estimate of drug-likeness (QED) is 0.141. The van der Waals surface area contributed by atoms with Crippen molar-refractivity contribution in [2.45, 2.75) is 0 Å². The molecule has 0 heterocycles. The Balaban J connectivity index is 1.11. The van der Waals surface area contributed by atoms with Crippen molar-refractivity contribution in [3.8, 4) is 55.6 Å². The molecule has 1 nitrogen and oxygen atoms in total. The Labute approximate surface area is 334 Å². The largest absolute Gasteiger partial charge is 0.310 e. The van der Waals surface area contributed by atoms with Crippen LogP contribution in [0, 0.1) is 0 Å². The number of fused-ring (bicyclic) bond motifs is 3. The van der Waals surface area contributed by atoms with Crippen LogP contribution in [0.15, 0.2) is 237 Å². The lowest BCUT2D eigenvalue weighted by Crippen LogP contribution is -2.11. The maximum absolute atomic E-state index is 2.39. The van der Waals surface area contributed by atoms with Gasteiger partial charge >= 0.3 is 0 Å². The Morgan fingerprint density at radius 3 is 1.32 bits per heavy atom. The van der Waals surface area contributed by atoms with Gasteiger partial charge in [0.05, 0.1) is 5.69 Å². The van der Waals surface area contributed by atoms with Gasteiger partial charge in [0.1, 0.15) is 0 Å². The maximum Gasteiger partial charge on any atom is 0.0540 e. The third kappa shape index (κ3) is 6.56. The van der Waals surface area contributed by atoms with E-state index in [0.29, 0.717) is 0 Å². The van der Waals surface area contributed by atoms with Gasteiger partial charge in [0, 0.05) is 16.9 Å². The van der Waals surface area contributed by atoms with E-state index in [1.165, 1.54) is 71.6 Å². The fourth-order valence-corrected chi connectivity index (χ4v) is 8.30. The Morgan fingerprint density at radius 2 is 0.667 bits per heavy atom. The molecule has 0 fully saturated rings. The summed E-state index contributed by atoms with van der Waals surface area (Å²) in [5.74, 6) is 0. The van der Waals surface area contributed by atoms with E-state index in [-0.39, 0.29) is 0 Å². The van der Waals surface area contributed by atoms with Crippen LogP contribution >= 0.6 is 0 Å². The molecule has 10 aromatic rings. The number of anilines is 3. The monoisotopic (exact) mass is 725 g/mol. The van der Waals surface area contributed by atoms with E-state index in [2.05, 4.69) is 241 Å². The summed E-state index contributed by atoms with van der Waals surface area (Å²) < 4.78 is 0. The molecular weight excluding hydrogens is 687 g/mol. The first-order chi connectivity index (χ1) is 28.3. The van der Waals surface area contributed by atoms with Gasteiger partial charge in [-0.15, -0.1) is 0 Å². The summed E-state index contributed by atoms with van der Waals surface area (Å²) in [7, 11) is 0. The van der Waals surface area contributed by atoms with Gasteiger partial charge in [0.15, 0.2) is 0 Å². The summed E-state index contributed by atoms with van der Waals surface area (Å²) in [6.07, 6.45) is 0. The van der Waals surface area contributed by atoms with E-state index in [1.54, 1.807) is 0 Å². The van der Waals surface area contributed by atoms with E-state index in [4.69, 9.17) is 0 Å². The van der Waals surface area contributed by atoms with Crippen LogP contribution in [0.4, 0.5) is 17.1 Å². The molecule has 57 heavy (non-hydrogen) atoms. The van der Waals surface area contributed by atoms with E-state index >= 15 is 0 Å². The molecule has 1 heteroatoms. The Morgan fingerprint density at radius 1 is 0.228 bits per heavy atom. The van der Waals surface area contributed by atoms with Gasteiger partial charge in [-0.25, -0.2) is 0 Å². The predicted molar refractivity (Wildman–Crippen MR) is 243 cm³/mol. The van der Waals surface area contributed by atoms with Crippen LogP contribution in [0.25, 0.3) is 77.2 Å². The lowest BCUT2D eigenvalue weighted by Gasteiger charge is -2.28. The predicted octanol–water partition coefficient (Wildman–Crippen LogP) is 15.8. The first-order valence-electron chi connectivity index (χ1n) is 19.6. The summed E-state index contributed by atoms with van der Waals surface area (Å²) in [4.78, 5) is 2.39. The number of hydrogen-bond donors (Lipinski definition) is 0. The molecule has 0 radical (unpaired) electrons. The number of rotatable bonds is 8. The van der Waals surface area contributed by atoms with Gasteiger partial charge in [0.25, 0.3) is 0 Å². The third-order valence-corrected chi connectivity index (χ3v) is 11.1. The van der Waals surface area contributed by atoms with Crippen molar-refractivity contribution >= 4 is 38.6 Å². The highest BCUT2D eigenvalue weighted by atomic mass is 15.1. The normalized spacial score (nSPS) is 11.2. The topological polar surface area (TPSA) is 3.24 Å². The minimum Gasteiger partial charge on any atom is -0.310 e. The second kappa shape index (κ2) is 15.0. The molecule has 0 atom stereocenters. The summed E-state index contributed by atoms with van der Waals surface area (Å²) in [6, 6.07) is 85.6. The zero-order chi connectivity index (χ0) is 38.0. The lowest BCUT2D eigenvalue weighted by atomic mass is 9.90. The van der Waals surface area contributed by atoms with Crippen LogP contribution in [0.3, 0.4) is 0 Å². The highest BCUT2D eigenvalue weighted by Crippen LogP contribution is 2.44. The number of nitrogens with zero attached hydrogens (tertiary/aromatic N) is 1. The van der Waals surface area contributed by atoms with Crippen molar-refractivity contribution in [2.75, 3.05) is 4.90 Å². The Kier molecular flexibility index (Phi) is 8.95. The average Bonchev–Trinajstić information content (AvgIpc) is 3.30. The summed E-state index contributed by atoms with van der Waals surface area (Å²) in [5, 5.41) is 5.07. The molecule has 0 bridgehead atoms. The first kappa shape index (κ1) is 34.0. The SMILES string of the molecule is c1ccc(-c2ccc(-c3ccc(N(c4ccccc4)c4ccc(-c5cc6ccccc6c6ccccc56)cc4)c(-c4ccccc4)c3)cc2-c2ccccc2)cc1. The third-order valence-electron chi connectivity index (χ3n) is 11.1. The first-order valence-corrected chi connectivity index (χ1v) is 19.6. The molecular formula is C56H39N. The lowest BCUT2D eigenvalue weighted by molar-refractivity contribution is 1.28. The highest BCUT2D eigenvalue weighted by Gasteiger charge is 2.19. The molecule has 0 N–H and O–H groups in total. The minimum atomic E-state index is 1.10. The van der Waals surface area contributed by atoms with Gasteiger partial charge in [-0.05, 0) is 120 Å². The van der Waals surface area contributed by atoms with Crippen molar-refractivity contribution in [1.82, 2.24) is 0 Å². The van der Waals surface area contributed by atoms with Crippen LogP contribution in [0.1, 0.15) is 0 Å². The molecule has 0 saturated heterocycles. The molecule has 0 unspecified atom stereocenters. The van der Waals surface area contributed by atoms with Crippen molar-refractivity contribution < 1.29 is 0 Å². The molecule has 0 aliphatic heterocycles. The fraction of sp³-hybridized carbons (Fsp3) is 0. The van der Waals surface area contributed by atoms with E-state index < -0.39 is 0 Å². The summed E-state index contributed by atoms with van der Waals surface area (Å²) in [5.41, 5.74) is 15.3. The molecule has 0 saturated carbocycles. The molecule has 0 aliphatic rings. The Bertz CT molecular complexity index is 2970. The van der Waals surface area contributed by atoms with Gasteiger partial charge in [0.2, 0.25) is 0 Å². The van der Waals surface area contributed by atoms with Crippen molar-refractivity contribution in [2.24, 2.45) is 0 Å². The van der Waals surface area contributed by atoms with Gasteiger partial charge in [-0.3, -0.25) is 0 Å². The zero-order valence-corrected chi connectivity index (χ0v) is 31.5. The second-order valence-corrected chi connectivity index (χ2v) is 14.5. The van der Waals surface area contributed by atoms with Crippen molar-refractivity contribution in [1.29, 1.82) is 0 Å². The van der Waals surface area contributed by atoms with Gasteiger partial charge < -0.3 is 4.90 Å². The fourth-order valence-electron chi connectivity index (χ4n) is 8.30. The summed E-state index contributed by atoms with van der Waals surface area (Å²) >= 11 is 0. The molecule has 0 aliphatic carbocycles. The minimum absolute atomic E-state index is 1.10. The zero-order valence-electron chi connectivity index (χ0n) is 31.5. The van der Waals surface area contributed by atoms with Gasteiger partial charge in [-0.1, -0.05) is 188 Å². The smallest absolute Gasteiger partial charge is 0.0540 e. The molecule has 0 aromatic heterocycles. The average molecular weight is 726 g/mol. The van der Waals surface area contributed by atoms with Crippen molar-refractivity contribution in [3.05, 3.63) is 237 Å². The van der Waals surface area contributed by atoms with Crippen molar-refractivity contribution in [3.63, 3.8) is 0 Å². The second-order valence-electron chi connectivity index (χ2n) is 14.5. The molecule has 0 spiro atoms. The molecule has 0 amide bonds. The van der Waals surface area contributed by atoms with Crippen LogP contribution in [-0.2, 0) is 0 Å². The number of benzene rings is 10. The van der Waals surface area contributed by atoms with E-state index in [1.807, 2.05) is 0 Å². The van der Waals surface area contributed by atoms with E-state index in [0.717, 1.165) is 22.6 Å². The number of para-hydroxylation sites is 1. The van der Waals surface area contributed by atoms with Crippen LogP contribution in [-0.4, -0.2) is 0 Å². The standard InChI is InChI=1S/C56H39N/c1-5-17-40(18-6-1)50-35-31-44(37-53(50)41-19-7-2-8-20-41)45-32-36-56(55(38-45)42-21-9-3-10-22-42)57(47-24-11-4-12-25-47)48-33-29-43(30-34-48)54-39-46-23-13-14-26-49(46)51-27-15-16-28-52(51)54/h1-39H. The molecule has 10 aromatic carbocycles. The number of hydrogen-bond acceptors (Lipinski definition) is 1. The highest BCUT2D eigenvalue weighted by molar-refractivity contribution is 6.13. The van der Waals surface area contributed by atoms with Crippen LogP contribution in [0.5, 0.6) is 0 Å². The van der Waals surface area contributed by atoms with Gasteiger partial charge in [-0.2, -0.15) is 0 Å². The van der Waals surface area contributed by atoms with E-state index in [9.17, 15) is 0 Å². The molecule has 10 rings (SSSR count). The Hall–Kier alpha value is -7.48. The maximum atomic E-state index is 2.39. The molecule has 268 valence electrons. The van der Waals surface area contributed by atoms with Crippen LogP contribution < -0.4 is 4.90 Å². The van der Waals surface area contributed by atoms with Crippen LogP contribution in [0.2, 0.25) is 0 Å². The summed E-state index contributed by atoms with van der Waals surface area (Å²) in [6.45, 7) is 0.